The molecule has 1 heterocycles. The second kappa shape index (κ2) is 5.42. The van der Waals surface area contributed by atoms with Crippen molar-refractivity contribution in [1.29, 1.82) is 0 Å². The molecule has 4 heteroatoms. The van der Waals surface area contributed by atoms with Gasteiger partial charge in [-0.3, -0.25) is 19.3 Å². The van der Waals surface area contributed by atoms with Crippen molar-refractivity contribution in [2.24, 2.45) is 0 Å². The first-order valence-corrected chi connectivity index (χ1v) is 7.61. The number of hydrogen-bond donors (Lipinski definition) is 0. The lowest BCUT2D eigenvalue weighted by Gasteiger charge is -2.27. The molecule has 0 saturated carbocycles. The molecule has 3 aromatic rings. The van der Waals surface area contributed by atoms with Crippen LogP contribution in [0.25, 0.3) is 10.8 Å². The largest absolute Gasteiger partial charge is 0.298 e. The summed E-state index contributed by atoms with van der Waals surface area (Å²) in [5.41, 5.74) is 2.46. The van der Waals surface area contributed by atoms with Gasteiger partial charge in [-0.15, -0.1) is 0 Å². The lowest BCUT2D eigenvalue weighted by Crippen LogP contribution is -2.39. The summed E-state index contributed by atoms with van der Waals surface area (Å²) in [6.45, 7) is 0.182. The van der Waals surface area contributed by atoms with Crippen LogP contribution in [0.15, 0.2) is 60.7 Å². The van der Waals surface area contributed by atoms with Crippen molar-refractivity contribution in [1.82, 2.24) is 4.90 Å². The summed E-state index contributed by atoms with van der Waals surface area (Å²) >= 11 is 0. The minimum absolute atomic E-state index is 0.182. The van der Waals surface area contributed by atoms with Gasteiger partial charge in [-0.05, 0) is 23.1 Å². The molecule has 0 N–H and O–H groups in total. The Morgan fingerprint density at radius 3 is 1.92 bits per heavy atom. The van der Waals surface area contributed by atoms with Crippen LogP contribution in [0.2, 0.25) is 0 Å². The number of carbonyl (C=O) groups excluding carboxylic acids is 3. The minimum atomic E-state index is -0.288. The Kier molecular flexibility index (Phi) is 3.24. The molecule has 24 heavy (non-hydrogen) atoms. The van der Waals surface area contributed by atoms with Crippen molar-refractivity contribution in [3.8, 4) is 0 Å². The second-order valence-electron chi connectivity index (χ2n) is 5.77. The third-order valence-electron chi connectivity index (χ3n) is 4.31. The summed E-state index contributed by atoms with van der Waals surface area (Å²) in [6, 6.07) is 17.8. The molecular weight excluding hydrogens is 302 g/mol. The van der Waals surface area contributed by atoms with Gasteiger partial charge in [0.05, 0.1) is 6.54 Å². The Hall–Kier alpha value is -3.27. The highest BCUT2D eigenvalue weighted by Gasteiger charge is 2.32. The maximum atomic E-state index is 12.8. The predicted molar refractivity (Wildman–Crippen MR) is 90.0 cm³/mol. The van der Waals surface area contributed by atoms with E-state index in [2.05, 4.69) is 0 Å². The molecule has 4 nitrogen and oxygen atoms in total. The van der Waals surface area contributed by atoms with Crippen molar-refractivity contribution in [2.75, 3.05) is 0 Å². The third-order valence-corrected chi connectivity index (χ3v) is 4.31. The highest BCUT2D eigenvalue weighted by atomic mass is 16.2. The maximum absolute atomic E-state index is 12.8. The molecule has 0 aliphatic carbocycles. The topological polar surface area (TPSA) is 54.5 Å². The van der Waals surface area contributed by atoms with Crippen LogP contribution in [-0.4, -0.2) is 23.0 Å². The maximum Gasteiger partial charge on any atom is 0.261 e. The van der Waals surface area contributed by atoms with E-state index in [9.17, 15) is 14.4 Å². The Balaban J connectivity index is 1.77. The molecule has 116 valence electrons. The summed E-state index contributed by atoms with van der Waals surface area (Å²) < 4.78 is 0. The van der Waals surface area contributed by atoms with Crippen LogP contribution in [-0.2, 0) is 6.54 Å². The molecule has 1 aliphatic rings. The van der Waals surface area contributed by atoms with Gasteiger partial charge in [-0.2, -0.15) is 0 Å². The summed E-state index contributed by atoms with van der Waals surface area (Å²) in [7, 11) is 0. The number of carbonyl (C=O) groups is 3. The summed E-state index contributed by atoms with van der Waals surface area (Å²) in [6.07, 6.45) is 0.762. The Morgan fingerprint density at radius 2 is 1.38 bits per heavy atom. The zero-order chi connectivity index (χ0) is 16.7. The van der Waals surface area contributed by atoms with Crippen molar-refractivity contribution in [2.45, 2.75) is 6.54 Å². The zero-order valence-corrected chi connectivity index (χ0v) is 12.7. The highest BCUT2D eigenvalue weighted by molar-refractivity contribution is 6.25. The second-order valence-corrected chi connectivity index (χ2v) is 5.77. The molecule has 0 aromatic heterocycles. The lowest BCUT2D eigenvalue weighted by atomic mass is 9.94. The van der Waals surface area contributed by atoms with Gasteiger partial charge in [0.2, 0.25) is 0 Å². The van der Waals surface area contributed by atoms with Crippen LogP contribution in [0.4, 0.5) is 0 Å². The highest BCUT2D eigenvalue weighted by Crippen LogP contribution is 2.30. The molecule has 0 fully saturated rings. The van der Waals surface area contributed by atoms with Crippen molar-refractivity contribution >= 4 is 28.9 Å². The summed E-state index contributed by atoms with van der Waals surface area (Å²) in [5.74, 6) is -0.576. The number of aldehydes is 1. The van der Waals surface area contributed by atoms with E-state index in [4.69, 9.17) is 0 Å². The Labute approximate surface area is 138 Å². The van der Waals surface area contributed by atoms with Gasteiger partial charge in [0.1, 0.15) is 6.29 Å². The van der Waals surface area contributed by atoms with E-state index in [0.29, 0.717) is 16.7 Å². The lowest BCUT2D eigenvalue weighted by molar-refractivity contribution is 0.0598. The fourth-order valence-electron chi connectivity index (χ4n) is 3.11. The van der Waals surface area contributed by atoms with E-state index in [1.807, 2.05) is 24.3 Å². The first-order chi connectivity index (χ1) is 11.7. The molecule has 3 aromatic carbocycles. The molecule has 0 radical (unpaired) electrons. The number of rotatable bonds is 3. The van der Waals surface area contributed by atoms with E-state index in [1.54, 1.807) is 36.4 Å². The molecule has 0 bridgehead atoms. The van der Waals surface area contributed by atoms with Crippen LogP contribution < -0.4 is 0 Å². The van der Waals surface area contributed by atoms with Crippen LogP contribution >= 0.6 is 0 Å². The quantitative estimate of drug-likeness (QED) is 0.549. The number of nitrogens with zero attached hydrogens (tertiary/aromatic N) is 1. The first-order valence-electron chi connectivity index (χ1n) is 7.61. The van der Waals surface area contributed by atoms with Gasteiger partial charge in [0, 0.05) is 22.1 Å². The van der Waals surface area contributed by atoms with Gasteiger partial charge >= 0.3 is 0 Å². The molecule has 0 saturated heterocycles. The van der Waals surface area contributed by atoms with Gasteiger partial charge in [0.15, 0.2) is 0 Å². The summed E-state index contributed by atoms with van der Waals surface area (Å²) in [4.78, 5) is 37.6. The summed E-state index contributed by atoms with van der Waals surface area (Å²) in [5, 5.41) is 1.62. The fraction of sp³-hybridized carbons (Fsp3) is 0.0500. The molecule has 1 aliphatic heterocycles. The van der Waals surface area contributed by atoms with Crippen molar-refractivity contribution in [3.63, 3.8) is 0 Å². The van der Waals surface area contributed by atoms with E-state index in [0.717, 1.165) is 22.6 Å². The number of imide groups is 1. The number of hydrogen-bond acceptors (Lipinski definition) is 3. The molecule has 4 rings (SSSR count). The first kappa shape index (κ1) is 14.3. The van der Waals surface area contributed by atoms with E-state index in [-0.39, 0.29) is 18.4 Å². The normalized spacial score (nSPS) is 13.4. The third kappa shape index (κ3) is 2.12. The van der Waals surface area contributed by atoms with Gasteiger partial charge in [0.25, 0.3) is 11.8 Å². The van der Waals surface area contributed by atoms with Crippen molar-refractivity contribution in [3.05, 3.63) is 82.9 Å². The molecule has 2 amide bonds. The van der Waals surface area contributed by atoms with Gasteiger partial charge in [-0.25, -0.2) is 0 Å². The monoisotopic (exact) mass is 315 g/mol. The minimum Gasteiger partial charge on any atom is -0.298 e. The van der Waals surface area contributed by atoms with Crippen LogP contribution in [0.3, 0.4) is 0 Å². The average molecular weight is 315 g/mol. The fourth-order valence-corrected chi connectivity index (χ4v) is 3.11. The predicted octanol–water partition coefficient (Wildman–Crippen LogP) is 3.45. The zero-order valence-electron chi connectivity index (χ0n) is 12.7. The standard InChI is InChI=1S/C20H13NO3/c22-12-14-9-7-13(8-10-14)11-21-19(23)16-5-1-3-15-4-2-6-17(18(15)16)20(21)24/h1-10,12H,11H2. The van der Waals surface area contributed by atoms with Crippen LogP contribution in [0, 0.1) is 0 Å². The van der Waals surface area contributed by atoms with Gasteiger partial charge < -0.3 is 0 Å². The molecular formula is C20H13NO3. The SMILES string of the molecule is O=Cc1ccc(CN2C(=O)c3cccc4cccc(c34)C2=O)cc1. The number of benzene rings is 3. The Bertz CT molecular complexity index is 939. The number of amides is 2. The average Bonchev–Trinajstić information content (AvgIpc) is 2.63. The molecule has 0 atom stereocenters. The van der Waals surface area contributed by atoms with Crippen LogP contribution in [0.1, 0.15) is 36.6 Å². The van der Waals surface area contributed by atoms with E-state index in [1.165, 1.54) is 4.90 Å². The van der Waals surface area contributed by atoms with Crippen LogP contribution in [0.5, 0.6) is 0 Å². The van der Waals surface area contributed by atoms with E-state index >= 15 is 0 Å². The smallest absolute Gasteiger partial charge is 0.261 e. The van der Waals surface area contributed by atoms with E-state index < -0.39 is 0 Å². The molecule has 0 unspecified atom stereocenters. The molecule has 0 spiro atoms. The van der Waals surface area contributed by atoms with Crippen molar-refractivity contribution < 1.29 is 14.4 Å². The Morgan fingerprint density at radius 1 is 0.792 bits per heavy atom. The van der Waals surface area contributed by atoms with Gasteiger partial charge in [-0.1, -0.05) is 48.5 Å².